The predicted octanol–water partition coefficient (Wildman–Crippen LogP) is 1.28. The Morgan fingerprint density at radius 1 is 1.33 bits per heavy atom. The number of nitrogens with zero attached hydrogens (tertiary/aromatic N) is 1. The Labute approximate surface area is 124 Å². The molecule has 1 atom stereocenters. The van der Waals surface area contributed by atoms with E-state index in [2.05, 4.69) is 16.7 Å². The number of hydrogen-bond donors (Lipinski definition) is 2. The minimum Gasteiger partial charge on any atom is -0.354 e. The number of carbonyl (C=O) groups excluding carboxylic acids is 2. The maximum atomic E-state index is 11.9. The molecule has 0 saturated carbocycles. The molecule has 1 aliphatic rings. The first-order chi connectivity index (χ1) is 10.2. The lowest BCUT2D eigenvalue weighted by Crippen LogP contribution is -2.45. The van der Waals surface area contributed by atoms with Crippen molar-refractivity contribution in [3.05, 3.63) is 35.4 Å². The fourth-order valence-electron chi connectivity index (χ4n) is 2.35. The van der Waals surface area contributed by atoms with E-state index >= 15 is 0 Å². The second kappa shape index (κ2) is 7.44. The largest absolute Gasteiger partial charge is 0.354 e. The highest BCUT2D eigenvalue weighted by molar-refractivity contribution is 5.87. The lowest BCUT2D eigenvalue weighted by molar-refractivity contribution is -0.128. The van der Waals surface area contributed by atoms with Crippen LogP contribution in [0.3, 0.4) is 0 Å². The van der Waals surface area contributed by atoms with Gasteiger partial charge in [-0.05, 0) is 43.4 Å². The van der Waals surface area contributed by atoms with E-state index in [0.29, 0.717) is 31.4 Å². The summed E-state index contributed by atoms with van der Waals surface area (Å²) in [4.78, 5) is 23.7. The summed E-state index contributed by atoms with van der Waals surface area (Å²) in [6.45, 7) is 0.691. The molecule has 2 rings (SSSR count). The van der Waals surface area contributed by atoms with Gasteiger partial charge in [-0.15, -0.1) is 0 Å². The molecule has 1 aromatic carbocycles. The number of carbonyl (C=O) groups is 2. The van der Waals surface area contributed by atoms with E-state index in [1.54, 1.807) is 12.1 Å². The van der Waals surface area contributed by atoms with Gasteiger partial charge in [0.1, 0.15) is 6.04 Å². The third-order valence-corrected chi connectivity index (χ3v) is 3.59. The number of benzene rings is 1. The van der Waals surface area contributed by atoms with E-state index in [1.165, 1.54) is 0 Å². The molecule has 0 aliphatic carbocycles. The molecule has 1 fully saturated rings. The lowest BCUT2D eigenvalue weighted by Gasteiger charge is -2.15. The minimum absolute atomic E-state index is 0.0841. The van der Waals surface area contributed by atoms with Crippen LogP contribution in [0.4, 0.5) is 0 Å². The number of rotatable bonds is 4. The molecular formula is C16H19N3O2. The number of hydrogen-bond acceptors (Lipinski definition) is 3. The van der Waals surface area contributed by atoms with E-state index in [9.17, 15) is 9.59 Å². The van der Waals surface area contributed by atoms with E-state index in [4.69, 9.17) is 5.26 Å². The first kappa shape index (κ1) is 15.0. The predicted molar refractivity (Wildman–Crippen MR) is 78.3 cm³/mol. The average Bonchev–Trinajstić information content (AvgIpc) is 2.71. The molecule has 1 aromatic rings. The van der Waals surface area contributed by atoms with Crippen LogP contribution in [0.2, 0.25) is 0 Å². The van der Waals surface area contributed by atoms with Gasteiger partial charge in [0, 0.05) is 13.0 Å². The maximum absolute atomic E-state index is 11.9. The smallest absolute Gasteiger partial charge is 0.242 e. The number of aryl methyl sites for hydroxylation is 1. The average molecular weight is 285 g/mol. The molecule has 1 heterocycles. The van der Waals surface area contributed by atoms with Crippen LogP contribution in [0.5, 0.6) is 0 Å². The van der Waals surface area contributed by atoms with Crippen LogP contribution in [-0.4, -0.2) is 24.4 Å². The molecule has 2 N–H and O–H groups in total. The van der Waals surface area contributed by atoms with Crippen molar-refractivity contribution in [2.75, 3.05) is 6.54 Å². The van der Waals surface area contributed by atoms with Crippen LogP contribution in [0.15, 0.2) is 24.3 Å². The van der Waals surface area contributed by atoms with Crippen LogP contribution < -0.4 is 10.6 Å². The Bertz CT molecular complexity index is 546. The van der Waals surface area contributed by atoms with Crippen LogP contribution in [0.1, 0.15) is 36.8 Å². The summed E-state index contributed by atoms with van der Waals surface area (Å²) in [6.07, 6.45) is 3.55. The quantitative estimate of drug-likeness (QED) is 0.874. The second-order valence-electron chi connectivity index (χ2n) is 5.22. The zero-order chi connectivity index (χ0) is 15.1. The van der Waals surface area contributed by atoms with Gasteiger partial charge in [-0.1, -0.05) is 12.1 Å². The standard InChI is InChI=1S/C16H19N3O2/c17-11-13-6-4-12(5-7-13)8-9-15(20)19-14-3-1-2-10-18-16(14)21/h4-7,14H,1-3,8-10H2,(H,18,21)(H,19,20)/t14-/m0/s1. The first-order valence-electron chi connectivity index (χ1n) is 7.25. The van der Waals surface area contributed by atoms with Crippen LogP contribution in [0.25, 0.3) is 0 Å². The molecule has 0 radical (unpaired) electrons. The van der Waals surface area contributed by atoms with E-state index in [-0.39, 0.29) is 11.8 Å². The molecule has 0 spiro atoms. The van der Waals surface area contributed by atoms with Gasteiger partial charge >= 0.3 is 0 Å². The van der Waals surface area contributed by atoms with Gasteiger partial charge in [-0.25, -0.2) is 0 Å². The summed E-state index contributed by atoms with van der Waals surface area (Å²) in [7, 11) is 0. The molecule has 1 saturated heterocycles. The molecule has 0 bridgehead atoms. The van der Waals surface area contributed by atoms with Crippen molar-refractivity contribution in [1.29, 1.82) is 5.26 Å². The zero-order valence-electron chi connectivity index (χ0n) is 11.9. The van der Waals surface area contributed by atoms with Crippen molar-refractivity contribution in [3.8, 4) is 6.07 Å². The molecule has 110 valence electrons. The lowest BCUT2D eigenvalue weighted by atomic mass is 10.1. The molecule has 1 aliphatic heterocycles. The Balaban J connectivity index is 1.81. The summed E-state index contributed by atoms with van der Waals surface area (Å²) in [5.41, 5.74) is 1.62. The summed E-state index contributed by atoms with van der Waals surface area (Å²) in [5.74, 6) is -0.194. The number of nitriles is 1. The van der Waals surface area contributed by atoms with Crippen molar-refractivity contribution < 1.29 is 9.59 Å². The third kappa shape index (κ3) is 4.60. The first-order valence-corrected chi connectivity index (χ1v) is 7.25. The van der Waals surface area contributed by atoms with Gasteiger partial charge in [0.05, 0.1) is 11.6 Å². The Morgan fingerprint density at radius 2 is 2.10 bits per heavy atom. The summed E-state index contributed by atoms with van der Waals surface area (Å²) < 4.78 is 0. The van der Waals surface area contributed by atoms with Crippen molar-refractivity contribution in [3.63, 3.8) is 0 Å². The number of nitrogens with one attached hydrogen (secondary N) is 2. The Kier molecular flexibility index (Phi) is 5.33. The zero-order valence-corrected chi connectivity index (χ0v) is 11.9. The van der Waals surface area contributed by atoms with Crippen molar-refractivity contribution in [2.24, 2.45) is 0 Å². The van der Waals surface area contributed by atoms with Gasteiger partial charge in [0.15, 0.2) is 0 Å². The summed E-state index contributed by atoms with van der Waals surface area (Å²) >= 11 is 0. The summed E-state index contributed by atoms with van der Waals surface area (Å²) in [5, 5.41) is 14.3. The van der Waals surface area contributed by atoms with Crippen molar-refractivity contribution >= 4 is 11.8 Å². The van der Waals surface area contributed by atoms with Gasteiger partial charge < -0.3 is 10.6 Å². The molecule has 21 heavy (non-hydrogen) atoms. The highest BCUT2D eigenvalue weighted by atomic mass is 16.2. The van der Waals surface area contributed by atoms with Gasteiger partial charge in [-0.3, -0.25) is 9.59 Å². The highest BCUT2D eigenvalue weighted by Gasteiger charge is 2.21. The van der Waals surface area contributed by atoms with Crippen LogP contribution in [0, 0.1) is 11.3 Å². The maximum Gasteiger partial charge on any atom is 0.242 e. The monoisotopic (exact) mass is 285 g/mol. The van der Waals surface area contributed by atoms with E-state index < -0.39 is 6.04 Å². The minimum atomic E-state index is -0.402. The van der Waals surface area contributed by atoms with Crippen LogP contribution in [-0.2, 0) is 16.0 Å². The molecule has 0 aromatic heterocycles. The Hall–Kier alpha value is -2.35. The molecular weight excluding hydrogens is 266 g/mol. The molecule has 2 amide bonds. The van der Waals surface area contributed by atoms with Crippen molar-refractivity contribution in [1.82, 2.24) is 10.6 Å². The van der Waals surface area contributed by atoms with E-state index in [1.807, 2.05) is 12.1 Å². The van der Waals surface area contributed by atoms with Crippen LogP contribution >= 0.6 is 0 Å². The fraction of sp³-hybridized carbons (Fsp3) is 0.438. The van der Waals surface area contributed by atoms with Gasteiger partial charge in [-0.2, -0.15) is 5.26 Å². The van der Waals surface area contributed by atoms with E-state index in [0.717, 1.165) is 18.4 Å². The molecule has 5 heteroatoms. The topological polar surface area (TPSA) is 82.0 Å². The SMILES string of the molecule is N#Cc1ccc(CCC(=O)N[C@H]2CCCCNC2=O)cc1. The van der Waals surface area contributed by atoms with Gasteiger partial charge in [0.2, 0.25) is 11.8 Å². The number of amides is 2. The molecule has 5 nitrogen and oxygen atoms in total. The van der Waals surface area contributed by atoms with Crippen molar-refractivity contribution in [2.45, 2.75) is 38.1 Å². The van der Waals surface area contributed by atoms with Gasteiger partial charge in [0.25, 0.3) is 0 Å². The third-order valence-electron chi connectivity index (χ3n) is 3.59. The highest BCUT2D eigenvalue weighted by Crippen LogP contribution is 2.08. The second-order valence-corrected chi connectivity index (χ2v) is 5.22. The summed E-state index contributed by atoms with van der Waals surface area (Å²) in [6, 6.07) is 8.85. The normalized spacial score (nSPS) is 18.2. The fourth-order valence-corrected chi connectivity index (χ4v) is 2.35. The molecule has 0 unspecified atom stereocenters. The Morgan fingerprint density at radius 3 is 2.81 bits per heavy atom.